The van der Waals surface area contributed by atoms with Gasteiger partial charge in [-0.15, -0.1) is 0 Å². The van der Waals surface area contributed by atoms with Crippen molar-refractivity contribution in [3.05, 3.63) is 27.2 Å². The maximum Gasteiger partial charge on any atom is 0.152 e. The van der Waals surface area contributed by atoms with Gasteiger partial charge in [0.05, 0.1) is 35.3 Å². The number of aryl methyl sites for hydroxylation is 1. The molecule has 0 fully saturated rings. The van der Waals surface area contributed by atoms with Crippen molar-refractivity contribution in [2.45, 2.75) is 33.2 Å². The van der Waals surface area contributed by atoms with Crippen molar-refractivity contribution in [3.63, 3.8) is 0 Å². The van der Waals surface area contributed by atoms with Crippen molar-refractivity contribution in [2.24, 2.45) is 0 Å². The first-order valence-corrected chi connectivity index (χ1v) is 8.21. The summed E-state index contributed by atoms with van der Waals surface area (Å²) in [7, 11) is 0. The Morgan fingerprint density at radius 3 is 2.70 bits per heavy atom. The Hall–Kier alpha value is -0.290. The van der Waals surface area contributed by atoms with Gasteiger partial charge in [-0.05, 0) is 53.9 Å². The summed E-state index contributed by atoms with van der Waals surface area (Å²) in [5.41, 5.74) is 1.10. The summed E-state index contributed by atoms with van der Waals surface area (Å²) in [6.45, 7) is 9.23. The zero-order valence-corrected chi connectivity index (χ0v) is 14.8. The van der Waals surface area contributed by atoms with E-state index in [-0.39, 0.29) is 0 Å². The third kappa shape index (κ3) is 6.44. The molecule has 20 heavy (non-hydrogen) atoms. The summed E-state index contributed by atoms with van der Waals surface area (Å²) < 4.78 is 12.1. The molecule has 0 radical (unpaired) electrons. The van der Waals surface area contributed by atoms with E-state index in [2.05, 4.69) is 35.1 Å². The number of rotatable bonds is 9. The molecule has 0 aliphatic carbocycles. The SMILES string of the molecule is CC[C@H](C)[NH2+]CCOCCOc1c(Cl)cc(C)cc1Br. The standard InChI is InChI=1S/C15H23BrClNO2/c1-4-12(3)18-5-6-19-7-8-20-15-13(16)9-11(2)10-14(15)17/h9-10,12,18H,4-8H2,1-3H3/p+1/t12-/m0/s1. The predicted octanol–water partition coefficient (Wildman–Crippen LogP) is 3.17. The Morgan fingerprint density at radius 2 is 2.05 bits per heavy atom. The van der Waals surface area contributed by atoms with Crippen LogP contribution >= 0.6 is 27.5 Å². The summed E-state index contributed by atoms with van der Waals surface area (Å²) in [5.74, 6) is 0.687. The smallest absolute Gasteiger partial charge is 0.152 e. The number of hydrogen-bond donors (Lipinski definition) is 1. The van der Waals surface area contributed by atoms with Gasteiger partial charge < -0.3 is 14.8 Å². The van der Waals surface area contributed by atoms with Crippen LogP contribution in [0.5, 0.6) is 5.75 Å². The van der Waals surface area contributed by atoms with Gasteiger partial charge in [-0.2, -0.15) is 0 Å². The minimum absolute atomic E-state index is 0.505. The normalized spacial score (nSPS) is 12.4. The molecular weight excluding hydrogens is 342 g/mol. The molecule has 5 heteroatoms. The maximum absolute atomic E-state index is 6.15. The van der Waals surface area contributed by atoms with Crippen LogP contribution in [0.3, 0.4) is 0 Å². The lowest BCUT2D eigenvalue weighted by atomic mass is 10.2. The highest BCUT2D eigenvalue weighted by Crippen LogP contribution is 2.34. The van der Waals surface area contributed by atoms with E-state index in [4.69, 9.17) is 21.1 Å². The van der Waals surface area contributed by atoms with Crippen molar-refractivity contribution in [1.29, 1.82) is 0 Å². The van der Waals surface area contributed by atoms with Crippen molar-refractivity contribution in [1.82, 2.24) is 0 Å². The number of halogens is 2. The van der Waals surface area contributed by atoms with Gasteiger partial charge in [-0.3, -0.25) is 0 Å². The monoisotopic (exact) mass is 364 g/mol. The van der Waals surface area contributed by atoms with Crippen LogP contribution in [0.25, 0.3) is 0 Å². The van der Waals surface area contributed by atoms with E-state index >= 15 is 0 Å². The minimum atomic E-state index is 0.505. The number of quaternary nitrogens is 1. The first kappa shape index (κ1) is 17.8. The molecule has 3 nitrogen and oxygen atoms in total. The number of ether oxygens (including phenoxy) is 2. The third-order valence-corrected chi connectivity index (χ3v) is 3.96. The van der Waals surface area contributed by atoms with Gasteiger partial charge in [0.15, 0.2) is 5.75 Å². The zero-order valence-electron chi connectivity index (χ0n) is 12.4. The first-order valence-electron chi connectivity index (χ1n) is 7.04. The molecular formula is C15H24BrClNO2+. The third-order valence-electron chi connectivity index (χ3n) is 3.09. The average Bonchev–Trinajstić information content (AvgIpc) is 2.39. The topological polar surface area (TPSA) is 35.1 Å². The summed E-state index contributed by atoms with van der Waals surface area (Å²) in [5, 5.41) is 2.93. The number of nitrogens with two attached hydrogens (primary N) is 1. The van der Waals surface area contributed by atoms with E-state index in [1.807, 2.05) is 19.1 Å². The Bertz CT molecular complexity index is 392. The van der Waals surface area contributed by atoms with E-state index < -0.39 is 0 Å². The second-order valence-corrected chi connectivity index (χ2v) is 6.19. The molecule has 0 heterocycles. The van der Waals surface area contributed by atoms with Crippen LogP contribution in [0.2, 0.25) is 5.02 Å². The van der Waals surface area contributed by atoms with Crippen molar-refractivity contribution in [3.8, 4) is 5.75 Å². The first-order chi connectivity index (χ1) is 9.54. The highest BCUT2D eigenvalue weighted by atomic mass is 79.9. The Morgan fingerprint density at radius 1 is 1.30 bits per heavy atom. The van der Waals surface area contributed by atoms with Crippen LogP contribution in [-0.2, 0) is 4.74 Å². The largest absolute Gasteiger partial charge is 0.488 e. The number of benzene rings is 1. The van der Waals surface area contributed by atoms with Crippen molar-refractivity contribution < 1.29 is 14.8 Å². The van der Waals surface area contributed by atoms with Gasteiger partial charge in [0.1, 0.15) is 6.61 Å². The highest BCUT2D eigenvalue weighted by molar-refractivity contribution is 9.10. The zero-order chi connectivity index (χ0) is 15.0. The summed E-state index contributed by atoms with van der Waals surface area (Å²) >= 11 is 9.61. The van der Waals surface area contributed by atoms with Crippen LogP contribution in [0.15, 0.2) is 16.6 Å². The average molecular weight is 366 g/mol. The molecule has 0 bridgehead atoms. The van der Waals surface area contributed by atoms with Crippen LogP contribution in [0.4, 0.5) is 0 Å². The van der Waals surface area contributed by atoms with Gasteiger partial charge in [-0.1, -0.05) is 18.5 Å². The van der Waals surface area contributed by atoms with Crippen LogP contribution in [-0.4, -0.2) is 32.4 Å². The maximum atomic E-state index is 6.15. The molecule has 1 aromatic carbocycles. The van der Waals surface area contributed by atoms with E-state index in [0.717, 1.165) is 23.2 Å². The second-order valence-electron chi connectivity index (χ2n) is 4.93. The molecule has 0 unspecified atom stereocenters. The van der Waals surface area contributed by atoms with Crippen molar-refractivity contribution in [2.75, 3.05) is 26.4 Å². The minimum Gasteiger partial charge on any atom is -0.488 e. The van der Waals surface area contributed by atoms with Gasteiger partial charge in [-0.25, -0.2) is 0 Å². The van der Waals surface area contributed by atoms with Crippen LogP contribution in [0, 0.1) is 6.92 Å². The predicted molar refractivity (Wildman–Crippen MR) is 86.7 cm³/mol. The quantitative estimate of drug-likeness (QED) is 0.682. The molecule has 1 rings (SSSR count). The van der Waals surface area contributed by atoms with Gasteiger partial charge in [0.25, 0.3) is 0 Å². The highest BCUT2D eigenvalue weighted by Gasteiger charge is 2.07. The lowest BCUT2D eigenvalue weighted by Gasteiger charge is -2.11. The van der Waals surface area contributed by atoms with E-state index in [0.29, 0.717) is 30.0 Å². The Labute approximate surface area is 135 Å². The van der Waals surface area contributed by atoms with E-state index in [1.54, 1.807) is 0 Å². The second kappa shape index (κ2) is 9.61. The summed E-state index contributed by atoms with van der Waals surface area (Å²) in [4.78, 5) is 0. The molecule has 2 N–H and O–H groups in total. The number of hydrogen-bond acceptors (Lipinski definition) is 2. The molecule has 1 aromatic rings. The van der Waals surface area contributed by atoms with E-state index in [1.165, 1.54) is 6.42 Å². The summed E-state index contributed by atoms with van der Waals surface area (Å²) in [6.07, 6.45) is 1.18. The Kier molecular flexibility index (Phi) is 8.53. The van der Waals surface area contributed by atoms with Gasteiger partial charge in [0.2, 0.25) is 0 Å². The molecule has 0 aromatic heterocycles. The molecule has 1 atom stereocenters. The molecule has 0 aliphatic rings. The lowest BCUT2D eigenvalue weighted by molar-refractivity contribution is -0.687. The van der Waals surface area contributed by atoms with Crippen molar-refractivity contribution >= 4 is 27.5 Å². The van der Waals surface area contributed by atoms with Crippen LogP contribution in [0.1, 0.15) is 25.8 Å². The lowest BCUT2D eigenvalue weighted by Crippen LogP contribution is -2.90. The van der Waals surface area contributed by atoms with Crippen LogP contribution < -0.4 is 10.1 Å². The Balaban J connectivity index is 2.19. The molecule has 0 amide bonds. The molecule has 114 valence electrons. The molecule has 0 saturated carbocycles. The molecule has 0 spiro atoms. The van der Waals surface area contributed by atoms with Gasteiger partial charge in [0, 0.05) is 0 Å². The molecule has 0 saturated heterocycles. The fourth-order valence-corrected chi connectivity index (χ4v) is 2.86. The van der Waals surface area contributed by atoms with Gasteiger partial charge >= 0.3 is 0 Å². The fourth-order valence-electron chi connectivity index (χ4n) is 1.73. The van der Waals surface area contributed by atoms with E-state index in [9.17, 15) is 0 Å². The summed E-state index contributed by atoms with van der Waals surface area (Å²) in [6, 6.07) is 4.55. The fraction of sp³-hybridized carbons (Fsp3) is 0.600. The molecule has 0 aliphatic heterocycles.